The van der Waals surface area contributed by atoms with Crippen molar-refractivity contribution in [3.05, 3.63) is 23.2 Å². The first-order valence-corrected chi connectivity index (χ1v) is 7.72. The number of benzene rings is 1. The molecule has 0 unspecified atom stereocenters. The van der Waals surface area contributed by atoms with Gasteiger partial charge in [0, 0.05) is 5.02 Å². The van der Waals surface area contributed by atoms with Crippen LogP contribution in [-0.4, -0.2) is 39.9 Å². The third-order valence-electron chi connectivity index (χ3n) is 2.38. The van der Waals surface area contributed by atoms with Crippen LogP contribution in [0.5, 0.6) is 5.75 Å². The van der Waals surface area contributed by atoms with E-state index < -0.39 is 46.4 Å². The zero-order valence-electron chi connectivity index (χ0n) is 11.6. The van der Waals surface area contributed by atoms with Crippen LogP contribution in [0.15, 0.2) is 23.1 Å². The summed E-state index contributed by atoms with van der Waals surface area (Å²) in [5.41, 5.74) is 9.72. The van der Waals surface area contributed by atoms with Gasteiger partial charge in [-0.25, -0.2) is 21.9 Å². The fraction of sp³-hybridized carbons (Fsp3) is 0.364. The average molecular weight is 394 g/mol. The fourth-order valence-electron chi connectivity index (χ4n) is 1.31. The summed E-state index contributed by atoms with van der Waals surface area (Å²) < 4.78 is 56.9. The van der Waals surface area contributed by atoms with E-state index >= 15 is 0 Å². The van der Waals surface area contributed by atoms with E-state index in [-0.39, 0.29) is 23.2 Å². The number of nitrogens with one attached hydrogen (secondary N) is 1. The van der Waals surface area contributed by atoms with Crippen LogP contribution < -0.4 is 20.9 Å². The van der Waals surface area contributed by atoms with Crippen LogP contribution in [0.25, 0.3) is 0 Å². The summed E-state index contributed by atoms with van der Waals surface area (Å²) in [6.07, 6.45) is 0. The van der Waals surface area contributed by atoms with Gasteiger partial charge in [-0.1, -0.05) is 11.6 Å². The number of rotatable bonds is 8. The van der Waals surface area contributed by atoms with Gasteiger partial charge in [0.25, 0.3) is 11.8 Å². The molecule has 0 aliphatic rings. The molecular weight excluding hydrogens is 379 g/mol. The molecule has 0 spiro atoms. The first kappa shape index (κ1) is 21.8. The summed E-state index contributed by atoms with van der Waals surface area (Å²) in [6, 6.07) is 3.49. The van der Waals surface area contributed by atoms with Crippen LogP contribution in [0.4, 0.5) is 8.78 Å². The third kappa shape index (κ3) is 6.83. The van der Waals surface area contributed by atoms with Crippen LogP contribution in [0.2, 0.25) is 5.02 Å². The SMILES string of the molecule is Cl.NCC(F)(F)CNS(=O)(=O)c1cc(Cl)ccc1OCC(N)=O. The van der Waals surface area contributed by atoms with Crippen LogP contribution in [0.1, 0.15) is 0 Å². The summed E-state index contributed by atoms with van der Waals surface area (Å²) in [5.74, 6) is -4.48. The summed E-state index contributed by atoms with van der Waals surface area (Å²) in [6.45, 7) is -2.78. The normalized spacial score (nSPS) is 11.7. The highest BCUT2D eigenvalue weighted by molar-refractivity contribution is 7.89. The number of hydrogen-bond acceptors (Lipinski definition) is 5. The minimum Gasteiger partial charge on any atom is -0.482 e. The Balaban J connectivity index is 0.00000484. The highest BCUT2D eigenvalue weighted by Gasteiger charge is 2.30. The van der Waals surface area contributed by atoms with E-state index in [1.54, 1.807) is 4.72 Å². The molecule has 1 rings (SSSR count). The van der Waals surface area contributed by atoms with Crippen molar-refractivity contribution in [1.82, 2.24) is 4.72 Å². The minimum absolute atomic E-state index is 0. The van der Waals surface area contributed by atoms with E-state index in [4.69, 9.17) is 27.8 Å². The number of alkyl halides is 2. The molecule has 5 N–H and O–H groups in total. The quantitative estimate of drug-likeness (QED) is 0.592. The van der Waals surface area contributed by atoms with E-state index in [1.165, 1.54) is 12.1 Å². The number of ether oxygens (including phenoxy) is 1. The molecule has 0 saturated carbocycles. The molecule has 1 amide bonds. The van der Waals surface area contributed by atoms with Gasteiger partial charge in [-0.15, -0.1) is 12.4 Å². The van der Waals surface area contributed by atoms with Crippen molar-refractivity contribution in [1.29, 1.82) is 0 Å². The maximum Gasteiger partial charge on any atom is 0.273 e. The molecule has 0 heterocycles. The summed E-state index contributed by atoms with van der Waals surface area (Å²) in [5, 5.41) is 0.0392. The van der Waals surface area contributed by atoms with Gasteiger partial charge in [0.1, 0.15) is 10.6 Å². The maximum absolute atomic E-state index is 13.1. The van der Waals surface area contributed by atoms with Gasteiger partial charge in [-0.05, 0) is 18.2 Å². The van der Waals surface area contributed by atoms with Crippen molar-refractivity contribution in [3.8, 4) is 5.75 Å². The fourth-order valence-corrected chi connectivity index (χ4v) is 2.78. The molecule has 23 heavy (non-hydrogen) atoms. The second kappa shape index (κ2) is 8.60. The van der Waals surface area contributed by atoms with Crippen molar-refractivity contribution >= 4 is 39.9 Å². The Morgan fingerprint density at radius 1 is 1.39 bits per heavy atom. The van der Waals surface area contributed by atoms with Gasteiger partial charge < -0.3 is 16.2 Å². The van der Waals surface area contributed by atoms with Gasteiger partial charge >= 0.3 is 0 Å². The predicted octanol–water partition coefficient (Wildman–Crippen LogP) is 0.498. The molecule has 0 fully saturated rings. The van der Waals surface area contributed by atoms with Crippen molar-refractivity contribution in [3.63, 3.8) is 0 Å². The van der Waals surface area contributed by atoms with Crippen molar-refractivity contribution < 1.29 is 26.7 Å². The lowest BCUT2D eigenvalue weighted by molar-refractivity contribution is -0.120. The number of nitrogens with two attached hydrogens (primary N) is 2. The van der Waals surface area contributed by atoms with Crippen LogP contribution in [0, 0.1) is 0 Å². The molecule has 0 atom stereocenters. The van der Waals surface area contributed by atoms with Gasteiger partial charge in [0.05, 0.1) is 13.1 Å². The van der Waals surface area contributed by atoms with Gasteiger partial charge in [-0.2, -0.15) is 0 Å². The predicted molar refractivity (Wildman–Crippen MR) is 82.6 cm³/mol. The number of hydrogen-bond donors (Lipinski definition) is 3. The van der Waals surface area contributed by atoms with E-state index in [2.05, 4.69) is 0 Å². The smallest absolute Gasteiger partial charge is 0.273 e. The molecule has 0 saturated heterocycles. The Labute approximate surface area is 142 Å². The second-order valence-electron chi connectivity index (χ2n) is 4.23. The lowest BCUT2D eigenvalue weighted by atomic mass is 10.3. The Morgan fingerprint density at radius 3 is 2.52 bits per heavy atom. The van der Waals surface area contributed by atoms with Crippen LogP contribution in [0.3, 0.4) is 0 Å². The van der Waals surface area contributed by atoms with E-state index in [0.29, 0.717) is 0 Å². The van der Waals surface area contributed by atoms with Gasteiger partial charge in [0.2, 0.25) is 10.0 Å². The zero-order chi connectivity index (χ0) is 17.0. The highest BCUT2D eigenvalue weighted by Crippen LogP contribution is 2.27. The highest BCUT2D eigenvalue weighted by atomic mass is 35.5. The van der Waals surface area contributed by atoms with Gasteiger partial charge in [0.15, 0.2) is 6.61 Å². The van der Waals surface area contributed by atoms with Crippen LogP contribution >= 0.6 is 24.0 Å². The molecule has 1 aromatic rings. The minimum atomic E-state index is -4.35. The lowest BCUT2D eigenvalue weighted by Gasteiger charge is -2.16. The Kier molecular flexibility index (Phi) is 8.15. The standard InChI is InChI=1S/C11H14ClF2N3O4S.ClH/c12-7-1-2-8(21-4-10(16)18)9(3-7)22(19,20)17-6-11(13,14)5-15;/h1-3,17H,4-6,15H2,(H2,16,18);1H. The van der Waals surface area contributed by atoms with Crippen molar-refractivity contribution in [2.24, 2.45) is 11.5 Å². The van der Waals surface area contributed by atoms with E-state index in [1.807, 2.05) is 0 Å². The number of halogens is 4. The maximum atomic E-state index is 13.1. The van der Waals surface area contributed by atoms with E-state index in [0.717, 1.165) is 6.07 Å². The second-order valence-corrected chi connectivity index (χ2v) is 6.40. The number of carbonyl (C=O) groups is 1. The third-order valence-corrected chi connectivity index (χ3v) is 4.04. The van der Waals surface area contributed by atoms with Crippen LogP contribution in [-0.2, 0) is 14.8 Å². The summed E-state index contributed by atoms with van der Waals surface area (Å²) in [7, 11) is -4.35. The molecule has 0 aliphatic heterocycles. The summed E-state index contributed by atoms with van der Waals surface area (Å²) in [4.78, 5) is 10.2. The molecular formula is C11H15Cl2F2N3O4S. The number of carbonyl (C=O) groups excluding carboxylic acids is 1. The average Bonchev–Trinajstić information content (AvgIpc) is 2.44. The number of amides is 1. The monoisotopic (exact) mass is 393 g/mol. The largest absolute Gasteiger partial charge is 0.482 e. The Hall–Kier alpha value is -1.20. The molecule has 1 aromatic carbocycles. The lowest BCUT2D eigenvalue weighted by Crippen LogP contribution is -2.41. The Morgan fingerprint density at radius 2 is 2.00 bits per heavy atom. The number of sulfonamides is 1. The molecule has 132 valence electrons. The summed E-state index contributed by atoms with van der Waals surface area (Å²) >= 11 is 5.70. The molecule has 12 heteroatoms. The first-order valence-electron chi connectivity index (χ1n) is 5.85. The van der Waals surface area contributed by atoms with Crippen molar-refractivity contribution in [2.45, 2.75) is 10.8 Å². The molecule has 7 nitrogen and oxygen atoms in total. The zero-order valence-corrected chi connectivity index (χ0v) is 14.0. The van der Waals surface area contributed by atoms with Gasteiger partial charge in [-0.3, -0.25) is 4.79 Å². The molecule has 0 radical (unpaired) electrons. The molecule has 0 aromatic heterocycles. The Bertz CT molecular complexity index is 659. The first-order chi connectivity index (χ1) is 10.1. The number of primary amides is 1. The van der Waals surface area contributed by atoms with E-state index in [9.17, 15) is 22.0 Å². The topological polar surface area (TPSA) is 125 Å². The molecule has 0 aliphatic carbocycles. The molecule has 0 bridgehead atoms. The van der Waals surface area contributed by atoms with Crippen molar-refractivity contribution in [2.75, 3.05) is 19.7 Å².